The van der Waals surface area contributed by atoms with Crippen LogP contribution in [0.3, 0.4) is 0 Å². The van der Waals surface area contributed by atoms with Gasteiger partial charge in [-0.25, -0.2) is 4.99 Å². The number of nitrogens with one attached hydrogen (secondary N) is 3. The van der Waals surface area contributed by atoms with E-state index in [9.17, 15) is 20.1 Å². The van der Waals surface area contributed by atoms with Crippen LogP contribution >= 0.6 is 0 Å². The molecule has 10 heteroatoms. The number of aliphatic hydroxyl groups is 3. The number of hydrogen-bond donors (Lipinski definition) is 7. The Morgan fingerprint density at radius 3 is 2.84 bits per heavy atom. The van der Waals surface area contributed by atoms with Crippen molar-refractivity contribution < 1.29 is 20.1 Å². The molecule has 19 heavy (non-hydrogen) atoms. The molecule has 8 N–H and O–H groups in total. The Balaban J connectivity index is 2.03. The summed E-state index contributed by atoms with van der Waals surface area (Å²) in [5.41, 5.74) is 8.36. The molecule has 0 saturated carbocycles. The molecule has 0 bridgehead atoms. The van der Waals surface area contributed by atoms with Crippen molar-refractivity contribution >= 4 is 11.9 Å². The molecule has 0 aromatic heterocycles. The molecule has 3 rings (SSSR count). The van der Waals surface area contributed by atoms with Gasteiger partial charge in [-0.15, -0.1) is 0 Å². The van der Waals surface area contributed by atoms with Crippen LogP contribution in [-0.4, -0.2) is 50.6 Å². The average molecular weight is 268 g/mol. The maximum Gasteiger partial charge on any atom is 0.270 e. The summed E-state index contributed by atoms with van der Waals surface area (Å²) in [7, 11) is 0. The van der Waals surface area contributed by atoms with Crippen molar-refractivity contribution in [1.82, 2.24) is 21.1 Å². The average Bonchev–Trinajstić information content (AvgIpc) is 2.36. The number of fused-ring (bicyclic) bond motifs is 3. The molecule has 1 fully saturated rings. The summed E-state index contributed by atoms with van der Waals surface area (Å²) in [6.07, 6.45) is -2.44. The third-order valence-electron chi connectivity index (χ3n) is 3.02. The van der Waals surface area contributed by atoms with Gasteiger partial charge >= 0.3 is 0 Å². The van der Waals surface area contributed by atoms with Crippen molar-refractivity contribution in [3.8, 4) is 0 Å². The molecule has 0 radical (unpaired) electrons. The number of rotatable bonds is 0. The molecule has 10 nitrogen and oxygen atoms in total. The molecule has 3 heterocycles. The monoisotopic (exact) mass is 268 g/mol. The zero-order valence-corrected chi connectivity index (χ0v) is 9.53. The van der Waals surface area contributed by atoms with E-state index < -0.39 is 24.3 Å². The van der Waals surface area contributed by atoms with E-state index in [1.165, 1.54) is 11.2 Å². The molecule has 3 unspecified atom stereocenters. The summed E-state index contributed by atoms with van der Waals surface area (Å²) in [5.74, 6) is -1.04. The maximum absolute atomic E-state index is 11.5. The molecule has 1 saturated heterocycles. The van der Waals surface area contributed by atoms with E-state index in [1.54, 1.807) is 0 Å². The van der Waals surface area contributed by atoms with E-state index >= 15 is 0 Å². The van der Waals surface area contributed by atoms with Crippen LogP contribution in [0.4, 0.5) is 0 Å². The number of nitrogens with two attached hydrogens (primary N) is 1. The molecule has 1 amide bonds. The highest BCUT2D eigenvalue weighted by atomic mass is 16.3. The largest absolute Gasteiger partial charge is 0.493 e. The van der Waals surface area contributed by atoms with E-state index in [-0.39, 0.29) is 23.2 Å². The first-order chi connectivity index (χ1) is 8.99. The zero-order valence-electron chi connectivity index (χ0n) is 9.53. The summed E-state index contributed by atoms with van der Waals surface area (Å²) >= 11 is 0. The van der Waals surface area contributed by atoms with Gasteiger partial charge < -0.3 is 26.4 Å². The van der Waals surface area contributed by atoms with Crippen molar-refractivity contribution in [2.75, 3.05) is 0 Å². The minimum Gasteiger partial charge on any atom is -0.493 e. The van der Waals surface area contributed by atoms with Gasteiger partial charge in [0.1, 0.15) is 11.8 Å². The summed E-state index contributed by atoms with van der Waals surface area (Å²) in [5, 5.41) is 35.4. The quantitative estimate of drug-likeness (QED) is 0.238. The number of carbonyl (C=O) groups is 1. The standard InChI is InChI=1S/C9H12N6O4/c10-9-12-6-3(7(18)13-9)11-1-2-4(16)5(17)8(19)14-15(2)6/h1,4-6,11,16-18H,(H,14,19)(H3,10,12,13). The maximum atomic E-state index is 11.5. The van der Waals surface area contributed by atoms with Crippen molar-refractivity contribution in [3.05, 3.63) is 23.5 Å². The van der Waals surface area contributed by atoms with Gasteiger partial charge in [-0.1, -0.05) is 0 Å². The number of hydrogen-bond acceptors (Lipinski definition) is 9. The van der Waals surface area contributed by atoms with Crippen LogP contribution in [0.5, 0.6) is 0 Å². The van der Waals surface area contributed by atoms with Crippen LogP contribution in [0, 0.1) is 0 Å². The molecular formula is C9H12N6O4. The number of carbonyl (C=O) groups excluding carboxylic acids is 1. The van der Waals surface area contributed by atoms with E-state index in [4.69, 9.17) is 5.73 Å². The van der Waals surface area contributed by atoms with Gasteiger partial charge in [0.2, 0.25) is 5.88 Å². The summed E-state index contributed by atoms with van der Waals surface area (Å²) in [4.78, 5) is 15.5. The highest BCUT2D eigenvalue weighted by Gasteiger charge is 2.44. The van der Waals surface area contributed by atoms with Crippen LogP contribution in [0.25, 0.3) is 0 Å². The Morgan fingerprint density at radius 1 is 1.37 bits per heavy atom. The zero-order chi connectivity index (χ0) is 13.7. The van der Waals surface area contributed by atoms with Crippen LogP contribution in [0.2, 0.25) is 0 Å². The summed E-state index contributed by atoms with van der Waals surface area (Å²) in [6.45, 7) is 0. The van der Waals surface area contributed by atoms with Crippen molar-refractivity contribution in [1.29, 1.82) is 0 Å². The minimum atomic E-state index is -1.56. The van der Waals surface area contributed by atoms with Gasteiger partial charge in [0, 0.05) is 6.20 Å². The van der Waals surface area contributed by atoms with E-state index in [2.05, 4.69) is 21.1 Å². The van der Waals surface area contributed by atoms with Crippen LogP contribution < -0.4 is 21.8 Å². The topological polar surface area (TPSA) is 155 Å². The molecule has 0 spiro atoms. The fraction of sp³-hybridized carbons (Fsp3) is 0.333. The van der Waals surface area contributed by atoms with Crippen molar-refractivity contribution in [3.63, 3.8) is 0 Å². The van der Waals surface area contributed by atoms with Gasteiger partial charge in [-0.3, -0.25) is 20.5 Å². The van der Waals surface area contributed by atoms with Gasteiger partial charge in [0.05, 0.1) is 5.70 Å². The Morgan fingerprint density at radius 2 is 2.11 bits per heavy atom. The molecule has 3 aliphatic rings. The molecule has 3 atom stereocenters. The normalized spacial score (nSPS) is 33.3. The highest BCUT2D eigenvalue weighted by Crippen LogP contribution is 2.27. The first kappa shape index (κ1) is 11.6. The molecule has 0 aromatic rings. The van der Waals surface area contributed by atoms with Crippen LogP contribution in [-0.2, 0) is 4.79 Å². The number of aliphatic imine (C=N–C) groups is 1. The first-order valence-electron chi connectivity index (χ1n) is 5.45. The fourth-order valence-electron chi connectivity index (χ4n) is 2.08. The molecule has 3 aliphatic heterocycles. The van der Waals surface area contributed by atoms with Crippen LogP contribution in [0.15, 0.2) is 28.5 Å². The number of amides is 1. The second-order valence-corrected chi connectivity index (χ2v) is 4.22. The number of hydrazine groups is 1. The fourth-order valence-corrected chi connectivity index (χ4v) is 2.08. The van der Waals surface area contributed by atoms with Gasteiger partial charge in [-0.05, 0) is 0 Å². The SMILES string of the molecule is NC1=NC2C(=C(O)N1)NC=C1C(O)C(O)C(=O)NN12. The second kappa shape index (κ2) is 3.76. The summed E-state index contributed by atoms with van der Waals surface area (Å²) < 4.78 is 0. The van der Waals surface area contributed by atoms with E-state index in [0.717, 1.165) is 0 Å². The highest BCUT2D eigenvalue weighted by molar-refractivity contribution is 5.83. The lowest BCUT2D eigenvalue weighted by Crippen LogP contribution is -2.65. The van der Waals surface area contributed by atoms with Crippen LogP contribution in [0.1, 0.15) is 0 Å². The summed E-state index contributed by atoms with van der Waals surface area (Å²) in [6, 6.07) is 0. The van der Waals surface area contributed by atoms with Crippen molar-refractivity contribution in [2.45, 2.75) is 18.4 Å². The number of nitrogens with zero attached hydrogens (tertiary/aromatic N) is 2. The lowest BCUT2D eigenvalue weighted by Gasteiger charge is -2.44. The van der Waals surface area contributed by atoms with Gasteiger partial charge in [0.25, 0.3) is 5.91 Å². The Bertz CT molecular complexity index is 541. The van der Waals surface area contributed by atoms with E-state index in [0.29, 0.717) is 0 Å². The molecular weight excluding hydrogens is 256 g/mol. The molecule has 102 valence electrons. The Kier molecular flexibility index (Phi) is 2.30. The smallest absolute Gasteiger partial charge is 0.270 e. The number of guanidine groups is 1. The predicted molar refractivity (Wildman–Crippen MR) is 61.4 cm³/mol. The Labute approximate surface area is 106 Å². The second-order valence-electron chi connectivity index (χ2n) is 4.22. The molecule has 0 aliphatic carbocycles. The third-order valence-corrected chi connectivity index (χ3v) is 3.02. The predicted octanol–water partition coefficient (Wildman–Crippen LogP) is -3.53. The molecule has 0 aromatic carbocycles. The third kappa shape index (κ3) is 1.57. The Hall–Kier alpha value is -2.46. The van der Waals surface area contributed by atoms with Crippen molar-refractivity contribution in [2.24, 2.45) is 10.7 Å². The van der Waals surface area contributed by atoms with Gasteiger partial charge in [-0.2, -0.15) is 0 Å². The number of aliphatic hydroxyl groups excluding tert-OH is 3. The first-order valence-corrected chi connectivity index (χ1v) is 5.45. The van der Waals surface area contributed by atoms with Gasteiger partial charge in [0.15, 0.2) is 18.2 Å². The lowest BCUT2D eigenvalue weighted by molar-refractivity contribution is -0.146. The van der Waals surface area contributed by atoms with E-state index in [1.807, 2.05) is 0 Å². The minimum absolute atomic E-state index is 0.0378. The lowest BCUT2D eigenvalue weighted by atomic mass is 10.1.